The van der Waals surface area contributed by atoms with Crippen LogP contribution < -0.4 is 4.90 Å². The lowest BCUT2D eigenvalue weighted by molar-refractivity contribution is -0.142. The lowest BCUT2D eigenvalue weighted by Gasteiger charge is -2.39. The maximum atomic E-state index is 11.1. The molecule has 2 bridgehead atoms. The van der Waals surface area contributed by atoms with Crippen LogP contribution in [0.5, 0.6) is 0 Å². The molecule has 0 radical (unpaired) electrons. The number of rotatable bonds is 2. The molecule has 1 N–H and O–H groups in total. The fourth-order valence-corrected chi connectivity index (χ4v) is 3.32. The summed E-state index contributed by atoms with van der Waals surface area (Å²) in [5, 5.41) is 9.13. The van der Waals surface area contributed by atoms with E-state index in [0.717, 1.165) is 25.7 Å². The van der Waals surface area contributed by atoms with Crippen molar-refractivity contribution in [1.29, 1.82) is 0 Å². The molecule has 0 aliphatic carbocycles. The van der Waals surface area contributed by atoms with Crippen molar-refractivity contribution in [2.75, 3.05) is 4.90 Å². The molecule has 1 aromatic rings. The maximum absolute atomic E-state index is 11.1. The first-order valence-corrected chi connectivity index (χ1v) is 6.17. The minimum Gasteiger partial charge on any atom is -0.481 e. The third-order valence-electron chi connectivity index (χ3n) is 4.04. The van der Waals surface area contributed by atoms with Gasteiger partial charge in [-0.05, 0) is 37.8 Å². The molecule has 17 heavy (non-hydrogen) atoms. The highest BCUT2D eigenvalue weighted by Crippen LogP contribution is 2.41. The number of anilines is 1. The van der Waals surface area contributed by atoms with Crippen molar-refractivity contribution in [3.8, 4) is 0 Å². The average Bonchev–Trinajstić information content (AvgIpc) is 2.60. The third kappa shape index (κ3) is 1.77. The Morgan fingerprint density at radius 1 is 1.24 bits per heavy atom. The SMILES string of the molecule is O=C(O)C1CC2CCC(C1)N2c1ccncc1. The first-order valence-electron chi connectivity index (χ1n) is 6.17. The quantitative estimate of drug-likeness (QED) is 0.846. The number of nitrogens with zero attached hydrogens (tertiary/aromatic N) is 2. The zero-order valence-corrected chi connectivity index (χ0v) is 9.62. The van der Waals surface area contributed by atoms with Crippen molar-refractivity contribution in [3.05, 3.63) is 24.5 Å². The van der Waals surface area contributed by atoms with Crippen molar-refractivity contribution < 1.29 is 9.90 Å². The molecule has 1 aromatic heterocycles. The molecule has 90 valence electrons. The average molecular weight is 232 g/mol. The Morgan fingerprint density at radius 3 is 2.35 bits per heavy atom. The number of aliphatic carboxylic acids is 1. The molecule has 0 aromatic carbocycles. The topological polar surface area (TPSA) is 53.4 Å². The number of hydrogen-bond acceptors (Lipinski definition) is 3. The van der Waals surface area contributed by atoms with E-state index in [9.17, 15) is 4.79 Å². The summed E-state index contributed by atoms with van der Waals surface area (Å²) >= 11 is 0. The molecule has 0 amide bonds. The van der Waals surface area contributed by atoms with Crippen LogP contribution in [0.2, 0.25) is 0 Å². The second-order valence-corrected chi connectivity index (χ2v) is 5.00. The summed E-state index contributed by atoms with van der Waals surface area (Å²) in [6, 6.07) is 4.84. The molecule has 2 fully saturated rings. The van der Waals surface area contributed by atoms with Crippen LogP contribution in [0.15, 0.2) is 24.5 Å². The van der Waals surface area contributed by atoms with E-state index in [1.54, 1.807) is 12.4 Å². The highest BCUT2D eigenvalue weighted by molar-refractivity contribution is 5.71. The van der Waals surface area contributed by atoms with Gasteiger partial charge in [-0.15, -0.1) is 0 Å². The Labute approximate surface area is 100 Å². The van der Waals surface area contributed by atoms with Crippen LogP contribution >= 0.6 is 0 Å². The Kier molecular flexibility index (Phi) is 2.50. The highest BCUT2D eigenvalue weighted by atomic mass is 16.4. The predicted molar refractivity (Wildman–Crippen MR) is 63.9 cm³/mol. The summed E-state index contributed by atoms with van der Waals surface area (Å²) in [5.74, 6) is -0.776. The lowest BCUT2D eigenvalue weighted by Crippen LogP contribution is -2.44. The van der Waals surface area contributed by atoms with Crippen molar-refractivity contribution in [2.24, 2.45) is 5.92 Å². The van der Waals surface area contributed by atoms with Crippen molar-refractivity contribution >= 4 is 11.7 Å². The van der Waals surface area contributed by atoms with E-state index in [2.05, 4.69) is 9.88 Å². The molecule has 2 aliphatic rings. The number of carboxylic acid groups (broad SMARTS) is 1. The number of hydrogen-bond donors (Lipinski definition) is 1. The molecule has 3 rings (SSSR count). The Balaban J connectivity index is 1.84. The third-order valence-corrected chi connectivity index (χ3v) is 4.04. The standard InChI is InChI=1S/C13H16N2O2/c16-13(17)9-7-11-1-2-12(8-9)15(11)10-3-5-14-6-4-10/h3-6,9,11-12H,1-2,7-8H2,(H,16,17). The normalized spacial score (nSPS) is 31.5. The van der Waals surface area contributed by atoms with Crippen molar-refractivity contribution in [1.82, 2.24) is 4.98 Å². The summed E-state index contributed by atoms with van der Waals surface area (Å²) in [7, 11) is 0. The second-order valence-electron chi connectivity index (χ2n) is 5.00. The van der Waals surface area contributed by atoms with Gasteiger partial charge in [0, 0.05) is 30.2 Å². The number of fused-ring (bicyclic) bond motifs is 2. The first kappa shape index (κ1) is 10.6. The summed E-state index contributed by atoms with van der Waals surface area (Å²) in [4.78, 5) is 17.5. The van der Waals surface area contributed by atoms with E-state index in [-0.39, 0.29) is 5.92 Å². The van der Waals surface area contributed by atoms with E-state index in [1.807, 2.05) is 12.1 Å². The van der Waals surface area contributed by atoms with E-state index < -0.39 is 5.97 Å². The van der Waals surface area contributed by atoms with Gasteiger partial charge in [0.25, 0.3) is 0 Å². The molecule has 2 saturated heterocycles. The van der Waals surface area contributed by atoms with Gasteiger partial charge in [0.05, 0.1) is 5.92 Å². The number of piperidine rings is 1. The van der Waals surface area contributed by atoms with Gasteiger partial charge in [0.2, 0.25) is 0 Å². The fraction of sp³-hybridized carbons (Fsp3) is 0.538. The van der Waals surface area contributed by atoms with E-state index in [4.69, 9.17) is 5.11 Å². The Hall–Kier alpha value is -1.58. The van der Waals surface area contributed by atoms with Crippen LogP contribution in [0.4, 0.5) is 5.69 Å². The monoisotopic (exact) mass is 232 g/mol. The largest absolute Gasteiger partial charge is 0.481 e. The summed E-state index contributed by atoms with van der Waals surface area (Å²) in [6.07, 6.45) is 7.42. The van der Waals surface area contributed by atoms with Crippen molar-refractivity contribution in [2.45, 2.75) is 37.8 Å². The maximum Gasteiger partial charge on any atom is 0.306 e. The molecular formula is C13H16N2O2. The van der Waals surface area contributed by atoms with Crippen molar-refractivity contribution in [3.63, 3.8) is 0 Å². The second kappa shape index (κ2) is 4.02. The lowest BCUT2D eigenvalue weighted by atomic mass is 9.90. The minimum absolute atomic E-state index is 0.148. The Morgan fingerprint density at radius 2 is 1.82 bits per heavy atom. The molecule has 0 spiro atoms. The molecule has 4 heteroatoms. The van der Waals surface area contributed by atoms with Crippen LogP contribution in [0.25, 0.3) is 0 Å². The van der Waals surface area contributed by atoms with Gasteiger partial charge >= 0.3 is 5.97 Å². The molecular weight excluding hydrogens is 216 g/mol. The van der Waals surface area contributed by atoms with Gasteiger partial charge in [-0.2, -0.15) is 0 Å². The van der Waals surface area contributed by atoms with E-state index in [1.165, 1.54) is 5.69 Å². The minimum atomic E-state index is -0.628. The number of carbonyl (C=O) groups is 1. The van der Waals surface area contributed by atoms with Gasteiger partial charge in [-0.1, -0.05) is 0 Å². The summed E-state index contributed by atoms with van der Waals surface area (Å²) < 4.78 is 0. The van der Waals surface area contributed by atoms with Crippen LogP contribution in [-0.4, -0.2) is 28.1 Å². The number of pyridine rings is 1. The fourth-order valence-electron chi connectivity index (χ4n) is 3.32. The van der Waals surface area contributed by atoms with E-state index in [0.29, 0.717) is 12.1 Å². The van der Waals surface area contributed by atoms with Gasteiger partial charge in [-0.25, -0.2) is 0 Å². The van der Waals surface area contributed by atoms with Gasteiger partial charge < -0.3 is 10.0 Å². The number of aromatic nitrogens is 1. The van der Waals surface area contributed by atoms with Gasteiger partial charge in [-0.3, -0.25) is 9.78 Å². The summed E-state index contributed by atoms with van der Waals surface area (Å²) in [6.45, 7) is 0. The van der Waals surface area contributed by atoms with E-state index >= 15 is 0 Å². The zero-order valence-electron chi connectivity index (χ0n) is 9.62. The van der Waals surface area contributed by atoms with Gasteiger partial charge in [0.1, 0.15) is 0 Å². The molecule has 2 aliphatic heterocycles. The molecule has 2 atom stereocenters. The highest BCUT2D eigenvalue weighted by Gasteiger charge is 2.42. The van der Waals surface area contributed by atoms with Gasteiger partial charge in [0.15, 0.2) is 0 Å². The summed E-state index contributed by atoms with van der Waals surface area (Å²) in [5.41, 5.74) is 1.19. The molecule has 2 unspecified atom stereocenters. The molecule has 4 nitrogen and oxygen atoms in total. The molecule has 0 saturated carbocycles. The van der Waals surface area contributed by atoms with Crippen LogP contribution in [0, 0.1) is 5.92 Å². The Bertz CT molecular complexity index is 407. The predicted octanol–water partition coefficient (Wildman–Crippen LogP) is 1.91. The first-order chi connectivity index (χ1) is 8.25. The van der Waals surface area contributed by atoms with Crippen LogP contribution in [0.3, 0.4) is 0 Å². The van der Waals surface area contributed by atoms with Crippen LogP contribution in [-0.2, 0) is 4.79 Å². The zero-order chi connectivity index (χ0) is 11.8. The van der Waals surface area contributed by atoms with Crippen LogP contribution in [0.1, 0.15) is 25.7 Å². The molecule has 3 heterocycles. The number of carboxylic acids is 1. The smallest absolute Gasteiger partial charge is 0.306 e.